The lowest BCUT2D eigenvalue weighted by atomic mass is 9.96. The van der Waals surface area contributed by atoms with Gasteiger partial charge in [-0.2, -0.15) is 15.2 Å². The fourth-order valence-electron chi connectivity index (χ4n) is 3.91. The molecule has 2 heterocycles. The van der Waals surface area contributed by atoms with Crippen molar-refractivity contribution in [2.24, 2.45) is 5.41 Å². The number of anilines is 4. The summed E-state index contributed by atoms with van der Waals surface area (Å²) in [5, 5.41) is 20.1. The summed E-state index contributed by atoms with van der Waals surface area (Å²) >= 11 is 0. The van der Waals surface area contributed by atoms with Gasteiger partial charge in [0.1, 0.15) is 11.6 Å². The van der Waals surface area contributed by atoms with E-state index in [1.807, 2.05) is 24.9 Å². The van der Waals surface area contributed by atoms with E-state index in [1.54, 1.807) is 12.1 Å². The highest BCUT2D eigenvalue weighted by Gasteiger charge is 2.24. The van der Waals surface area contributed by atoms with Crippen molar-refractivity contribution in [1.29, 1.82) is 5.26 Å². The van der Waals surface area contributed by atoms with E-state index in [1.165, 1.54) is 7.11 Å². The third kappa shape index (κ3) is 6.34. The zero-order valence-corrected chi connectivity index (χ0v) is 20.7. The molecule has 1 saturated heterocycles. The van der Waals surface area contributed by atoms with Crippen LogP contribution >= 0.6 is 0 Å². The molecule has 0 saturated carbocycles. The standard InChI is InChI=1S/C24H34N8O2/c1-15-7-8-16(22(33)31-34-6)11-19(15)28-20-18(12-25)21(32(5)14-24(2,3)4)30-23(29-20)27-17-9-10-26-13-17/h7-8,11,17,26H,9-10,13-14H2,1-6H3,(H,31,33)(H2,27,28,29,30)/t17-/m1/s1. The van der Waals surface area contributed by atoms with Gasteiger partial charge < -0.3 is 20.9 Å². The van der Waals surface area contributed by atoms with Gasteiger partial charge in [0.2, 0.25) is 5.95 Å². The van der Waals surface area contributed by atoms with Crippen LogP contribution in [-0.4, -0.2) is 55.7 Å². The molecule has 1 aliphatic rings. The van der Waals surface area contributed by atoms with Crippen molar-refractivity contribution >= 4 is 29.2 Å². The first-order valence-corrected chi connectivity index (χ1v) is 11.3. The van der Waals surface area contributed by atoms with Crippen LogP contribution in [0.5, 0.6) is 0 Å². The molecule has 2 aromatic rings. The minimum absolute atomic E-state index is 0.00259. The van der Waals surface area contributed by atoms with Crippen LogP contribution in [0.25, 0.3) is 0 Å². The van der Waals surface area contributed by atoms with Crippen molar-refractivity contribution in [2.45, 2.75) is 40.2 Å². The maximum atomic E-state index is 12.2. The van der Waals surface area contributed by atoms with Crippen molar-refractivity contribution in [2.75, 3.05) is 49.3 Å². The molecule has 182 valence electrons. The molecule has 0 radical (unpaired) electrons. The maximum Gasteiger partial charge on any atom is 0.274 e. The molecule has 0 bridgehead atoms. The number of aryl methyl sites for hydroxylation is 1. The highest BCUT2D eigenvalue weighted by atomic mass is 16.6. The van der Waals surface area contributed by atoms with E-state index in [0.29, 0.717) is 40.9 Å². The first-order chi connectivity index (χ1) is 16.1. The van der Waals surface area contributed by atoms with E-state index >= 15 is 0 Å². The van der Waals surface area contributed by atoms with Gasteiger partial charge in [-0.1, -0.05) is 26.8 Å². The Morgan fingerprint density at radius 2 is 2.12 bits per heavy atom. The van der Waals surface area contributed by atoms with E-state index in [2.05, 4.69) is 53.3 Å². The number of amides is 1. The molecule has 1 amide bonds. The first-order valence-electron chi connectivity index (χ1n) is 11.3. The van der Waals surface area contributed by atoms with Crippen molar-refractivity contribution < 1.29 is 9.63 Å². The number of benzene rings is 1. The highest BCUT2D eigenvalue weighted by molar-refractivity contribution is 5.95. The second kappa shape index (κ2) is 10.7. The van der Waals surface area contributed by atoms with Gasteiger partial charge in [0.25, 0.3) is 5.91 Å². The van der Waals surface area contributed by atoms with Gasteiger partial charge in [-0.3, -0.25) is 9.63 Å². The summed E-state index contributed by atoms with van der Waals surface area (Å²) < 4.78 is 0. The van der Waals surface area contributed by atoms with Crippen LogP contribution in [0.15, 0.2) is 18.2 Å². The molecule has 1 aromatic carbocycles. The monoisotopic (exact) mass is 466 g/mol. The van der Waals surface area contributed by atoms with Crippen LogP contribution in [-0.2, 0) is 4.84 Å². The SMILES string of the molecule is CONC(=O)c1ccc(C)c(Nc2nc(N[C@@H]3CCNC3)nc(N(C)CC(C)(C)C)c2C#N)c1. The summed E-state index contributed by atoms with van der Waals surface area (Å²) in [6.07, 6.45) is 0.967. The molecule has 0 aliphatic carbocycles. The Kier molecular flexibility index (Phi) is 7.91. The average Bonchev–Trinajstić information content (AvgIpc) is 3.27. The van der Waals surface area contributed by atoms with Crippen LogP contribution in [0.1, 0.15) is 48.7 Å². The summed E-state index contributed by atoms with van der Waals surface area (Å²) in [6.45, 7) is 10.8. The second-order valence-electron chi connectivity index (χ2n) is 9.75. The summed E-state index contributed by atoms with van der Waals surface area (Å²) in [4.78, 5) is 28.3. The number of carbonyl (C=O) groups excluding carboxylic acids is 1. The van der Waals surface area contributed by atoms with E-state index in [0.717, 1.165) is 25.1 Å². The zero-order valence-electron chi connectivity index (χ0n) is 20.7. The van der Waals surface area contributed by atoms with Gasteiger partial charge in [-0.25, -0.2) is 5.48 Å². The number of nitrogens with zero attached hydrogens (tertiary/aromatic N) is 4. The molecule has 3 rings (SSSR count). The van der Waals surface area contributed by atoms with Gasteiger partial charge in [-0.15, -0.1) is 0 Å². The lowest BCUT2D eigenvalue weighted by molar-refractivity contribution is 0.0537. The summed E-state index contributed by atoms with van der Waals surface area (Å²) in [5.74, 6) is 1.02. The Balaban J connectivity index is 2.04. The van der Waals surface area contributed by atoms with Crippen molar-refractivity contribution in [1.82, 2.24) is 20.8 Å². The largest absolute Gasteiger partial charge is 0.358 e. The molecule has 1 atom stereocenters. The number of nitriles is 1. The smallest absolute Gasteiger partial charge is 0.274 e. The molecule has 10 nitrogen and oxygen atoms in total. The molecule has 0 spiro atoms. The minimum Gasteiger partial charge on any atom is -0.358 e. The Bertz CT molecular complexity index is 1070. The summed E-state index contributed by atoms with van der Waals surface area (Å²) in [7, 11) is 3.31. The third-order valence-corrected chi connectivity index (χ3v) is 5.42. The summed E-state index contributed by atoms with van der Waals surface area (Å²) in [6, 6.07) is 7.74. The number of hydrogen-bond acceptors (Lipinski definition) is 9. The Morgan fingerprint density at radius 3 is 2.74 bits per heavy atom. The molecular formula is C24H34N8O2. The first kappa shape index (κ1) is 25.2. The average molecular weight is 467 g/mol. The van der Waals surface area contributed by atoms with Crippen LogP contribution in [0, 0.1) is 23.7 Å². The topological polar surface area (TPSA) is 127 Å². The lowest BCUT2D eigenvalue weighted by Gasteiger charge is -2.29. The van der Waals surface area contributed by atoms with Crippen molar-refractivity contribution in [3.63, 3.8) is 0 Å². The molecule has 1 fully saturated rings. The van der Waals surface area contributed by atoms with E-state index in [-0.39, 0.29) is 17.4 Å². The second-order valence-corrected chi connectivity index (χ2v) is 9.75. The predicted molar refractivity (Wildman–Crippen MR) is 133 cm³/mol. The summed E-state index contributed by atoms with van der Waals surface area (Å²) in [5.41, 5.74) is 4.65. The van der Waals surface area contributed by atoms with Crippen LogP contribution < -0.4 is 26.3 Å². The quantitative estimate of drug-likeness (QED) is 0.434. The lowest BCUT2D eigenvalue weighted by Crippen LogP contribution is -2.31. The number of rotatable bonds is 8. The zero-order chi connectivity index (χ0) is 24.9. The van der Waals surface area contributed by atoms with Crippen molar-refractivity contribution in [3.05, 3.63) is 34.9 Å². The van der Waals surface area contributed by atoms with Crippen LogP contribution in [0.4, 0.5) is 23.3 Å². The van der Waals surface area contributed by atoms with E-state index in [4.69, 9.17) is 9.82 Å². The van der Waals surface area contributed by atoms with Crippen LogP contribution in [0.3, 0.4) is 0 Å². The molecule has 1 aliphatic heterocycles. The number of hydrogen-bond donors (Lipinski definition) is 4. The van der Waals surface area contributed by atoms with Gasteiger partial charge in [0.05, 0.1) is 7.11 Å². The Labute approximate surface area is 201 Å². The Morgan fingerprint density at radius 1 is 1.35 bits per heavy atom. The van der Waals surface area contributed by atoms with E-state index in [9.17, 15) is 10.1 Å². The third-order valence-electron chi connectivity index (χ3n) is 5.42. The van der Waals surface area contributed by atoms with Gasteiger partial charge in [-0.05, 0) is 43.0 Å². The minimum atomic E-state index is -0.365. The maximum absolute atomic E-state index is 12.2. The normalized spacial score (nSPS) is 15.5. The van der Waals surface area contributed by atoms with Crippen LogP contribution in [0.2, 0.25) is 0 Å². The highest BCUT2D eigenvalue weighted by Crippen LogP contribution is 2.31. The fourth-order valence-corrected chi connectivity index (χ4v) is 3.91. The van der Waals surface area contributed by atoms with Gasteiger partial charge in [0.15, 0.2) is 11.6 Å². The van der Waals surface area contributed by atoms with Gasteiger partial charge in [0, 0.05) is 37.4 Å². The molecule has 1 aromatic heterocycles. The molecule has 4 N–H and O–H groups in total. The van der Waals surface area contributed by atoms with E-state index < -0.39 is 0 Å². The molecule has 34 heavy (non-hydrogen) atoms. The number of nitrogens with one attached hydrogen (secondary N) is 4. The van der Waals surface area contributed by atoms with Gasteiger partial charge >= 0.3 is 0 Å². The Hall–Kier alpha value is -3.42. The number of aromatic nitrogens is 2. The molecule has 10 heteroatoms. The van der Waals surface area contributed by atoms with Crippen molar-refractivity contribution in [3.8, 4) is 6.07 Å². The number of carbonyl (C=O) groups is 1. The molecular weight excluding hydrogens is 432 g/mol. The predicted octanol–water partition coefficient (Wildman–Crippen LogP) is 2.95. The number of hydroxylamine groups is 1. The molecule has 0 unspecified atom stereocenters. The fraction of sp³-hybridized carbons (Fsp3) is 0.500.